The van der Waals surface area contributed by atoms with Gasteiger partial charge in [-0.1, -0.05) is 0 Å². The van der Waals surface area contributed by atoms with Gasteiger partial charge in [-0.2, -0.15) is 0 Å². The Morgan fingerprint density at radius 1 is 1.55 bits per heavy atom. The molecule has 110 valence electrons. The normalized spacial score (nSPS) is 13.6. The fraction of sp³-hybridized carbons (Fsp3) is 0.500. The van der Waals surface area contributed by atoms with E-state index >= 15 is 0 Å². The first-order valence-corrected chi connectivity index (χ1v) is 5.37. The van der Waals surface area contributed by atoms with E-state index in [4.69, 9.17) is 0 Å². The molecule has 0 saturated heterocycles. The van der Waals surface area contributed by atoms with Gasteiger partial charge in [0.05, 0.1) is 24.8 Å². The SMILES string of the molecule is COC(=O)C(C)(O)Cn1c(=O)c([N+](=O)[O-])cn(C)c1=O. The molecule has 0 bridgehead atoms. The van der Waals surface area contributed by atoms with E-state index in [-0.39, 0.29) is 0 Å². The van der Waals surface area contributed by atoms with Crippen LogP contribution < -0.4 is 11.2 Å². The Balaban J connectivity index is 3.47. The highest BCUT2D eigenvalue weighted by Crippen LogP contribution is 2.08. The number of aliphatic hydroxyl groups is 1. The molecule has 1 unspecified atom stereocenters. The molecule has 0 saturated carbocycles. The summed E-state index contributed by atoms with van der Waals surface area (Å²) in [5.41, 5.74) is -5.11. The molecule has 10 heteroatoms. The molecule has 0 aliphatic rings. The number of carbonyl (C=O) groups excluding carboxylic acids is 1. The number of carbonyl (C=O) groups is 1. The van der Waals surface area contributed by atoms with Crippen LogP contribution in [0.25, 0.3) is 0 Å². The molecule has 0 amide bonds. The van der Waals surface area contributed by atoms with E-state index in [0.29, 0.717) is 4.57 Å². The maximum absolute atomic E-state index is 11.8. The average molecular weight is 287 g/mol. The summed E-state index contributed by atoms with van der Waals surface area (Å²) in [4.78, 5) is 44.7. The molecule has 10 nitrogen and oxygen atoms in total. The smallest absolute Gasteiger partial charge is 0.350 e. The molecule has 1 N–H and O–H groups in total. The van der Waals surface area contributed by atoms with E-state index in [1.807, 2.05) is 0 Å². The van der Waals surface area contributed by atoms with Gasteiger partial charge in [-0.15, -0.1) is 0 Å². The standard InChI is InChI=1S/C10H13N3O7/c1-10(17,8(15)20-3)5-12-7(14)6(13(18)19)4-11(2)9(12)16/h4,17H,5H2,1-3H3. The molecule has 0 radical (unpaired) electrons. The van der Waals surface area contributed by atoms with E-state index in [9.17, 15) is 29.6 Å². The number of rotatable bonds is 4. The summed E-state index contributed by atoms with van der Waals surface area (Å²) in [5.74, 6) is -1.07. The molecule has 0 spiro atoms. The Morgan fingerprint density at radius 3 is 2.55 bits per heavy atom. The number of methoxy groups -OCH3 is 1. The van der Waals surface area contributed by atoms with E-state index in [1.54, 1.807) is 0 Å². The summed E-state index contributed by atoms with van der Waals surface area (Å²) in [6.45, 7) is 0.274. The third-order valence-corrected chi connectivity index (χ3v) is 2.60. The highest BCUT2D eigenvalue weighted by atomic mass is 16.6. The van der Waals surface area contributed by atoms with Gasteiger partial charge < -0.3 is 9.84 Å². The minimum atomic E-state index is -2.17. The molecule has 1 aromatic rings. The second-order valence-electron chi connectivity index (χ2n) is 4.32. The molecule has 1 heterocycles. The second kappa shape index (κ2) is 5.25. The van der Waals surface area contributed by atoms with Crippen LogP contribution in [-0.2, 0) is 23.1 Å². The lowest BCUT2D eigenvalue weighted by Gasteiger charge is -2.20. The Bertz CT molecular complexity index is 670. The zero-order valence-electron chi connectivity index (χ0n) is 11.0. The molecule has 0 aromatic carbocycles. The molecule has 0 fully saturated rings. The van der Waals surface area contributed by atoms with E-state index < -0.39 is 40.0 Å². The van der Waals surface area contributed by atoms with Crippen LogP contribution in [0.1, 0.15) is 6.92 Å². The average Bonchev–Trinajstić information content (AvgIpc) is 2.37. The molecule has 0 aliphatic carbocycles. The highest BCUT2D eigenvalue weighted by molar-refractivity contribution is 5.78. The van der Waals surface area contributed by atoms with Gasteiger partial charge in [-0.25, -0.2) is 9.59 Å². The molecular weight excluding hydrogens is 274 g/mol. The first-order chi connectivity index (χ1) is 9.11. The fourth-order valence-electron chi connectivity index (χ4n) is 1.57. The van der Waals surface area contributed by atoms with Crippen molar-refractivity contribution >= 4 is 11.7 Å². The minimum absolute atomic E-state index is 0.412. The minimum Gasteiger partial charge on any atom is -0.467 e. The largest absolute Gasteiger partial charge is 0.467 e. The Morgan fingerprint density at radius 2 is 2.10 bits per heavy atom. The number of esters is 1. The zero-order valence-corrected chi connectivity index (χ0v) is 11.0. The Hall–Kier alpha value is -2.49. The summed E-state index contributed by atoms with van der Waals surface area (Å²) in [7, 11) is 2.23. The van der Waals surface area contributed by atoms with Gasteiger partial charge >= 0.3 is 22.9 Å². The number of hydrogen-bond acceptors (Lipinski definition) is 7. The monoisotopic (exact) mass is 287 g/mol. The van der Waals surface area contributed by atoms with Crippen molar-refractivity contribution in [1.29, 1.82) is 0 Å². The summed E-state index contributed by atoms with van der Waals surface area (Å²) < 4.78 is 5.55. The van der Waals surface area contributed by atoms with Crippen LogP contribution in [0.15, 0.2) is 15.8 Å². The van der Waals surface area contributed by atoms with Gasteiger partial charge in [-0.3, -0.25) is 24.0 Å². The van der Waals surface area contributed by atoms with Crippen LogP contribution >= 0.6 is 0 Å². The molecule has 20 heavy (non-hydrogen) atoms. The van der Waals surface area contributed by atoms with Crippen molar-refractivity contribution in [1.82, 2.24) is 9.13 Å². The molecule has 1 rings (SSSR count). The fourth-order valence-corrected chi connectivity index (χ4v) is 1.57. The second-order valence-corrected chi connectivity index (χ2v) is 4.32. The van der Waals surface area contributed by atoms with Gasteiger partial charge in [0.25, 0.3) is 0 Å². The van der Waals surface area contributed by atoms with Crippen molar-refractivity contribution in [2.75, 3.05) is 7.11 Å². The number of nitrogens with zero attached hydrogens (tertiary/aromatic N) is 3. The lowest BCUT2D eigenvalue weighted by molar-refractivity contribution is -0.387. The topological polar surface area (TPSA) is 134 Å². The van der Waals surface area contributed by atoms with Crippen molar-refractivity contribution in [2.24, 2.45) is 7.05 Å². The quantitative estimate of drug-likeness (QED) is 0.399. The van der Waals surface area contributed by atoms with Gasteiger partial charge in [0, 0.05) is 7.05 Å². The first kappa shape index (κ1) is 15.6. The first-order valence-electron chi connectivity index (χ1n) is 5.37. The highest BCUT2D eigenvalue weighted by Gasteiger charge is 2.34. The maximum Gasteiger partial charge on any atom is 0.350 e. The van der Waals surface area contributed by atoms with Crippen molar-refractivity contribution in [3.05, 3.63) is 37.1 Å². The number of aryl methyl sites for hydroxylation is 1. The molecule has 0 aliphatic heterocycles. The van der Waals surface area contributed by atoms with Crippen molar-refractivity contribution in [3.63, 3.8) is 0 Å². The van der Waals surface area contributed by atoms with Crippen LogP contribution in [0.5, 0.6) is 0 Å². The van der Waals surface area contributed by atoms with E-state index in [2.05, 4.69) is 4.74 Å². The van der Waals surface area contributed by atoms with Crippen LogP contribution in [0.3, 0.4) is 0 Å². The van der Waals surface area contributed by atoms with Crippen LogP contribution in [0, 0.1) is 10.1 Å². The number of aromatic nitrogens is 2. The predicted octanol–water partition coefficient (Wildman–Crippen LogP) is -1.62. The van der Waals surface area contributed by atoms with Crippen LogP contribution in [0.4, 0.5) is 5.69 Å². The lowest BCUT2D eigenvalue weighted by atomic mass is 10.1. The Labute approximate surface area is 112 Å². The summed E-state index contributed by atoms with van der Waals surface area (Å²) in [5, 5.41) is 20.6. The van der Waals surface area contributed by atoms with Gasteiger partial charge in [-0.05, 0) is 6.92 Å². The summed E-state index contributed by atoms with van der Waals surface area (Å²) in [6.07, 6.45) is 0.772. The van der Waals surface area contributed by atoms with Crippen molar-refractivity contribution in [2.45, 2.75) is 19.1 Å². The lowest BCUT2D eigenvalue weighted by Crippen LogP contribution is -2.49. The Kier molecular flexibility index (Phi) is 4.08. The molecule has 1 aromatic heterocycles. The third-order valence-electron chi connectivity index (χ3n) is 2.60. The van der Waals surface area contributed by atoms with E-state index in [1.165, 1.54) is 7.05 Å². The van der Waals surface area contributed by atoms with Crippen LogP contribution in [0.2, 0.25) is 0 Å². The van der Waals surface area contributed by atoms with E-state index in [0.717, 1.165) is 24.8 Å². The van der Waals surface area contributed by atoms with Gasteiger partial charge in [0.1, 0.15) is 0 Å². The van der Waals surface area contributed by atoms with Gasteiger partial charge in [0.15, 0.2) is 5.60 Å². The summed E-state index contributed by atoms with van der Waals surface area (Å²) >= 11 is 0. The predicted molar refractivity (Wildman–Crippen MR) is 65.2 cm³/mol. The molecular formula is C10H13N3O7. The number of ether oxygens (including phenoxy) is 1. The van der Waals surface area contributed by atoms with Gasteiger partial charge in [0.2, 0.25) is 0 Å². The maximum atomic E-state index is 11.8. The number of nitro groups is 1. The summed E-state index contributed by atoms with van der Waals surface area (Å²) in [6, 6.07) is 0. The zero-order chi connectivity index (χ0) is 15.7. The van der Waals surface area contributed by atoms with Crippen LogP contribution in [-0.4, -0.2) is 37.8 Å². The third kappa shape index (κ3) is 2.74. The van der Waals surface area contributed by atoms with Crippen molar-refractivity contribution < 1.29 is 19.6 Å². The molecule has 1 atom stereocenters. The number of hydrogen-bond donors (Lipinski definition) is 1. The van der Waals surface area contributed by atoms with Crippen molar-refractivity contribution in [3.8, 4) is 0 Å².